The summed E-state index contributed by atoms with van der Waals surface area (Å²) < 4.78 is 17.9. The molecule has 16 heavy (non-hydrogen) atoms. The molecule has 0 saturated heterocycles. The van der Waals surface area contributed by atoms with E-state index in [-0.39, 0.29) is 5.82 Å². The van der Waals surface area contributed by atoms with Crippen LogP contribution in [0.1, 0.15) is 17.3 Å². The van der Waals surface area contributed by atoms with Gasteiger partial charge in [0.05, 0.1) is 6.54 Å². The SMILES string of the molecule is Cc1cc(F)cc(NCc2noc(C)n2)c1. The Morgan fingerprint density at radius 1 is 1.31 bits per heavy atom. The van der Waals surface area contributed by atoms with Crippen molar-refractivity contribution in [2.24, 2.45) is 0 Å². The predicted molar refractivity (Wildman–Crippen MR) is 57.5 cm³/mol. The minimum atomic E-state index is -0.258. The van der Waals surface area contributed by atoms with E-state index < -0.39 is 0 Å². The molecule has 0 unspecified atom stereocenters. The molecule has 0 spiro atoms. The highest BCUT2D eigenvalue weighted by molar-refractivity contribution is 5.45. The van der Waals surface area contributed by atoms with Crippen LogP contribution >= 0.6 is 0 Å². The van der Waals surface area contributed by atoms with E-state index in [0.717, 1.165) is 5.56 Å². The number of benzene rings is 1. The zero-order valence-corrected chi connectivity index (χ0v) is 9.12. The van der Waals surface area contributed by atoms with Crippen LogP contribution in [0.25, 0.3) is 0 Å². The first-order chi connectivity index (χ1) is 7.63. The Bertz CT molecular complexity index is 475. The number of rotatable bonds is 3. The first kappa shape index (κ1) is 10.6. The van der Waals surface area contributed by atoms with Gasteiger partial charge >= 0.3 is 0 Å². The van der Waals surface area contributed by atoms with Crippen molar-refractivity contribution in [2.45, 2.75) is 20.4 Å². The molecular formula is C11H12FN3O. The zero-order chi connectivity index (χ0) is 11.5. The van der Waals surface area contributed by atoms with Crippen LogP contribution in [0.5, 0.6) is 0 Å². The Morgan fingerprint density at radius 2 is 2.12 bits per heavy atom. The fourth-order valence-electron chi connectivity index (χ4n) is 1.43. The lowest BCUT2D eigenvalue weighted by Gasteiger charge is -2.04. The van der Waals surface area contributed by atoms with Crippen LogP contribution in [-0.2, 0) is 6.54 Å². The van der Waals surface area contributed by atoms with Crippen molar-refractivity contribution in [3.63, 3.8) is 0 Å². The van der Waals surface area contributed by atoms with Crippen LogP contribution in [0.15, 0.2) is 22.7 Å². The topological polar surface area (TPSA) is 51.0 Å². The van der Waals surface area contributed by atoms with Gasteiger partial charge in [0.2, 0.25) is 5.89 Å². The molecule has 0 atom stereocenters. The van der Waals surface area contributed by atoms with Gasteiger partial charge < -0.3 is 9.84 Å². The Kier molecular flexibility index (Phi) is 2.85. The quantitative estimate of drug-likeness (QED) is 0.864. The van der Waals surface area contributed by atoms with Gasteiger partial charge in [-0.2, -0.15) is 4.98 Å². The third-order valence-corrected chi connectivity index (χ3v) is 2.06. The molecule has 0 radical (unpaired) electrons. The lowest BCUT2D eigenvalue weighted by atomic mass is 10.2. The van der Waals surface area contributed by atoms with Crippen molar-refractivity contribution in [1.82, 2.24) is 10.1 Å². The first-order valence-corrected chi connectivity index (χ1v) is 4.94. The number of hydrogen-bond donors (Lipinski definition) is 1. The molecule has 84 valence electrons. The van der Waals surface area contributed by atoms with Crippen molar-refractivity contribution in [3.05, 3.63) is 41.3 Å². The van der Waals surface area contributed by atoms with E-state index in [1.54, 1.807) is 6.92 Å². The summed E-state index contributed by atoms with van der Waals surface area (Å²) in [5.41, 5.74) is 1.58. The minimum absolute atomic E-state index is 0.258. The molecule has 2 rings (SSSR count). The maximum Gasteiger partial charge on any atom is 0.223 e. The maximum atomic E-state index is 13.1. The van der Waals surface area contributed by atoms with Gasteiger partial charge in [0.15, 0.2) is 5.82 Å². The smallest absolute Gasteiger partial charge is 0.223 e. The number of halogens is 1. The molecule has 1 aromatic heterocycles. The molecule has 1 aromatic carbocycles. The molecule has 0 aliphatic carbocycles. The van der Waals surface area contributed by atoms with Gasteiger partial charge in [-0.25, -0.2) is 4.39 Å². The Labute approximate surface area is 92.5 Å². The second-order valence-corrected chi connectivity index (χ2v) is 3.60. The van der Waals surface area contributed by atoms with Crippen LogP contribution < -0.4 is 5.32 Å². The maximum absolute atomic E-state index is 13.1. The standard InChI is InChI=1S/C11H12FN3O/c1-7-3-9(12)5-10(4-7)13-6-11-14-8(2)16-15-11/h3-5,13H,6H2,1-2H3. The minimum Gasteiger partial charge on any atom is -0.378 e. The normalized spacial score (nSPS) is 10.4. The molecule has 4 nitrogen and oxygen atoms in total. The van der Waals surface area contributed by atoms with E-state index >= 15 is 0 Å². The van der Waals surface area contributed by atoms with Gasteiger partial charge in [-0.05, 0) is 30.7 Å². The predicted octanol–water partition coefficient (Wildman–Crippen LogP) is 2.44. The van der Waals surface area contributed by atoms with E-state index in [1.807, 2.05) is 13.0 Å². The Balaban J connectivity index is 2.04. The van der Waals surface area contributed by atoms with E-state index in [1.165, 1.54) is 12.1 Å². The van der Waals surface area contributed by atoms with E-state index in [0.29, 0.717) is 23.9 Å². The van der Waals surface area contributed by atoms with Crippen LogP contribution in [0.4, 0.5) is 10.1 Å². The van der Waals surface area contributed by atoms with Gasteiger partial charge in [-0.3, -0.25) is 0 Å². The molecular weight excluding hydrogens is 209 g/mol. The highest BCUT2D eigenvalue weighted by atomic mass is 19.1. The van der Waals surface area contributed by atoms with Crippen molar-refractivity contribution < 1.29 is 8.91 Å². The summed E-state index contributed by atoms with van der Waals surface area (Å²) in [7, 11) is 0. The lowest BCUT2D eigenvalue weighted by molar-refractivity contribution is 0.388. The lowest BCUT2D eigenvalue weighted by Crippen LogP contribution is -2.01. The molecule has 1 heterocycles. The van der Waals surface area contributed by atoms with Gasteiger partial charge in [-0.15, -0.1) is 0 Å². The zero-order valence-electron chi connectivity index (χ0n) is 9.12. The summed E-state index contributed by atoms with van der Waals surface area (Å²) in [6, 6.07) is 4.76. The number of aromatic nitrogens is 2. The summed E-state index contributed by atoms with van der Waals surface area (Å²) in [6.45, 7) is 3.98. The van der Waals surface area contributed by atoms with Crippen LogP contribution in [0, 0.1) is 19.7 Å². The van der Waals surface area contributed by atoms with Crippen LogP contribution in [0.2, 0.25) is 0 Å². The molecule has 0 aliphatic rings. The Morgan fingerprint density at radius 3 is 2.75 bits per heavy atom. The molecule has 0 fully saturated rings. The van der Waals surface area contributed by atoms with Crippen LogP contribution in [0.3, 0.4) is 0 Å². The summed E-state index contributed by atoms with van der Waals surface area (Å²) in [6.07, 6.45) is 0. The summed E-state index contributed by atoms with van der Waals surface area (Å²) in [5, 5.41) is 6.76. The molecule has 0 aliphatic heterocycles. The summed E-state index contributed by atoms with van der Waals surface area (Å²) >= 11 is 0. The number of aryl methyl sites for hydroxylation is 2. The van der Waals surface area contributed by atoms with Gasteiger partial charge in [0, 0.05) is 12.6 Å². The van der Waals surface area contributed by atoms with Gasteiger partial charge in [-0.1, -0.05) is 5.16 Å². The van der Waals surface area contributed by atoms with E-state index in [4.69, 9.17) is 4.52 Å². The largest absolute Gasteiger partial charge is 0.378 e. The van der Waals surface area contributed by atoms with Crippen molar-refractivity contribution in [3.8, 4) is 0 Å². The average Bonchev–Trinajstić information content (AvgIpc) is 2.60. The highest BCUT2D eigenvalue weighted by Crippen LogP contribution is 2.13. The Hall–Kier alpha value is -1.91. The van der Waals surface area contributed by atoms with Gasteiger partial charge in [0.1, 0.15) is 5.82 Å². The first-order valence-electron chi connectivity index (χ1n) is 4.94. The molecule has 0 saturated carbocycles. The fourth-order valence-corrected chi connectivity index (χ4v) is 1.43. The monoisotopic (exact) mass is 221 g/mol. The number of nitrogens with zero attached hydrogens (tertiary/aromatic N) is 2. The van der Waals surface area contributed by atoms with Gasteiger partial charge in [0.25, 0.3) is 0 Å². The summed E-state index contributed by atoms with van der Waals surface area (Å²) in [5.74, 6) is 0.818. The van der Waals surface area contributed by atoms with Crippen molar-refractivity contribution >= 4 is 5.69 Å². The van der Waals surface area contributed by atoms with Crippen molar-refractivity contribution in [1.29, 1.82) is 0 Å². The molecule has 5 heteroatoms. The van der Waals surface area contributed by atoms with E-state index in [9.17, 15) is 4.39 Å². The third-order valence-electron chi connectivity index (χ3n) is 2.06. The molecule has 0 amide bonds. The molecule has 2 aromatic rings. The number of nitrogens with one attached hydrogen (secondary N) is 1. The summed E-state index contributed by atoms with van der Waals surface area (Å²) in [4.78, 5) is 4.04. The average molecular weight is 221 g/mol. The van der Waals surface area contributed by atoms with Crippen LogP contribution in [-0.4, -0.2) is 10.1 Å². The second-order valence-electron chi connectivity index (χ2n) is 3.60. The van der Waals surface area contributed by atoms with E-state index in [2.05, 4.69) is 15.5 Å². The number of anilines is 1. The second kappa shape index (κ2) is 4.30. The fraction of sp³-hybridized carbons (Fsp3) is 0.273. The third kappa shape index (κ3) is 2.56. The molecule has 1 N–H and O–H groups in total. The number of hydrogen-bond acceptors (Lipinski definition) is 4. The highest BCUT2D eigenvalue weighted by Gasteiger charge is 2.02. The van der Waals surface area contributed by atoms with Crippen molar-refractivity contribution in [2.75, 3.05) is 5.32 Å². The molecule has 0 bridgehead atoms.